The van der Waals surface area contributed by atoms with E-state index in [-0.39, 0.29) is 10.1 Å². The number of hydrogen-bond donors (Lipinski definition) is 1. The SMILES string of the molecule is CC(C)(C)[Si](C)(C)C=C=C=C(C(O)c1ccccc1)[Si](C)(C)C(C)(C)C. The summed E-state index contributed by atoms with van der Waals surface area (Å²) in [5.41, 5.74) is 10.0. The molecule has 0 saturated carbocycles. The minimum absolute atomic E-state index is 0.129. The minimum Gasteiger partial charge on any atom is -0.384 e. The van der Waals surface area contributed by atoms with E-state index < -0.39 is 22.3 Å². The molecule has 1 atom stereocenters. The van der Waals surface area contributed by atoms with Gasteiger partial charge in [-0.2, -0.15) is 0 Å². The average Bonchev–Trinajstić information content (AvgIpc) is 2.49. The van der Waals surface area contributed by atoms with Crippen LogP contribution in [0.2, 0.25) is 36.3 Å². The highest BCUT2D eigenvalue weighted by Gasteiger charge is 2.41. The summed E-state index contributed by atoms with van der Waals surface area (Å²) in [5, 5.41) is 12.6. The molecule has 1 nitrogen and oxygen atoms in total. The molecule has 1 rings (SSSR count). The molecule has 26 heavy (non-hydrogen) atoms. The first-order chi connectivity index (χ1) is 11.6. The zero-order chi connectivity index (χ0) is 20.4. The quantitative estimate of drug-likeness (QED) is 0.434. The van der Waals surface area contributed by atoms with E-state index in [0.717, 1.165) is 10.8 Å². The first-order valence-corrected chi connectivity index (χ1v) is 15.7. The van der Waals surface area contributed by atoms with Gasteiger partial charge in [0.1, 0.15) is 6.10 Å². The van der Waals surface area contributed by atoms with Gasteiger partial charge in [-0.1, -0.05) is 110 Å². The molecule has 0 aromatic heterocycles. The predicted octanol–water partition coefficient (Wildman–Crippen LogP) is 7.05. The van der Waals surface area contributed by atoms with Crippen LogP contribution in [0.25, 0.3) is 0 Å². The molecule has 3 heteroatoms. The second-order valence-electron chi connectivity index (χ2n) is 10.5. The molecule has 0 amide bonds. The lowest BCUT2D eigenvalue weighted by atomic mass is 10.1. The van der Waals surface area contributed by atoms with Crippen molar-refractivity contribution in [1.29, 1.82) is 0 Å². The smallest absolute Gasteiger partial charge is 0.104 e. The molecule has 0 saturated heterocycles. The third kappa shape index (κ3) is 5.22. The van der Waals surface area contributed by atoms with Crippen LogP contribution < -0.4 is 0 Å². The summed E-state index contributed by atoms with van der Waals surface area (Å²) < 4.78 is 0. The molecule has 0 heterocycles. The Labute approximate surface area is 163 Å². The third-order valence-corrected chi connectivity index (χ3v) is 16.7. The molecule has 0 aliphatic rings. The van der Waals surface area contributed by atoms with Gasteiger partial charge in [0.05, 0.1) is 16.1 Å². The second kappa shape index (κ2) is 7.88. The first kappa shape index (κ1) is 23.0. The summed E-state index contributed by atoms with van der Waals surface area (Å²) in [6.45, 7) is 23.1. The zero-order valence-corrected chi connectivity index (χ0v) is 20.5. The Balaban J connectivity index is 3.59. The van der Waals surface area contributed by atoms with Gasteiger partial charge in [0.15, 0.2) is 0 Å². The molecule has 0 fully saturated rings. The number of rotatable bonds is 4. The van der Waals surface area contributed by atoms with Crippen molar-refractivity contribution in [2.45, 2.75) is 83.9 Å². The molecule has 0 aliphatic carbocycles. The molecule has 0 spiro atoms. The number of aliphatic hydroxyl groups is 1. The van der Waals surface area contributed by atoms with Crippen LogP contribution in [-0.2, 0) is 0 Å². The summed E-state index contributed by atoms with van der Waals surface area (Å²) in [6, 6.07) is 9.95. The standard InChI is InChI=1S/C23H38OSi2/c1-22(2,3)25(7,8)18-14-17-20(26(9,10)23(4,5)6)21(24)19-15-12-11-13-16-19/h11-13,15-16,18,21,24H,1-10H3. The molecule has 1 unspecified atom stereocenters. The normalized spacial score (nSPS) is 14.3. The van der Waals surface area contributed by atoms with Crippen LogP contribution in [0.15, 0.2) is 52.7 Å². The van der Waals surface area contributed by atoms with Gasteiger partial charge >= 0.3 is 0 Å². The monoisotopic (exact) mass is 386 g/mol. The maximum atomic E-state index is 11.2. The minimum atomic E-state index is -1.93. The van der Waals surface area contributed by atoms with Gasteiger partial charge in [-0.05, 0) is 26.5 Å². The molecule has 0 bridgehead atoms. The van der Waals surface area contributed by atoms with Gasteiger partial charge in [-0.15, -0.1) is 0 Å². The zero-order valence-electron chi connectivity index (χ0n) is 18.5. The topological polar surface area (TPSA) is 20.2 Å². The van der Waals surface area contributed by atoms with Crippen molar-refractivity contribution in [2.75, 3.05) is 0 Å². The molecule has 0 radical (unpaired) electrons. The van der Waals surface area contributed by atoms with Gasteiger partial charge in [-0.3, -0.25) is 0 Å². The van der Waals surface area contributed by atoms with Crippen molar-refractivity contribution in [2.24, 2.45) is 0 Å². The Morgan fingerprint density at radius 2 is 1.42 bits per heavy atom. The Hall–Kier alpha value is -1.09. The van der Waals surface area contributed by atoms with E-state index in [4.69, 9.17) is 0 Å². The Morgan fingerprint density at radius 1 is 0.923 bits per heavy atom. The van der Waals surface area contributed by atoms with Crippen LogP contribution in [0.4, 0.5) is 0 Å². The Kier molecular flexibility index (Phi) is 6.96. The van der Waals surface area contributed by atoms with Crippen LogP contribution >= 0.6 is 0 Å². The van der Waals surface area contributed by atoms with Crippen molar-refractivity contribution in [1.82, 2.24) is 0 Å². The molecule has 1 aromatic rings. The second-order valence-corrected chi connectivity index (χ2v) is 21.0. The van der Waals surface area contributed by atoms with E-state index >= 15 is 0 Å². The third-order valence-electron chi connectivity index (χ3n) is 6.51. The first-order valence-electron chi connectivity index (χ1n) is 9.57. The maximum absolute atomic E-state index is 11.2. The van der Waals surface area contributed by atoms with Gasteiger partial charge in [0, 0.05) is 0 Å². The van der Waals surface area contributed by atoms with E-state index in [1.807, 2.05) is 30.3 Å². The van der Waals surface area contributed by atoms with E-state index in [2.05, 4.69) is 84.9 Å². The lowest BCUT2D eigenvalue weighted by Gasteiger charge is -2.39. The summed E-state index contributed by atoms with van der Waals surface area (Å²) >= 11 is 0. The summed E-state index contributed by atoms with van der Waals surface area (Å²) in [7, 11) is -3.50. The van der Waals surface area contributed by atoms with Crippen molar-refractivity contribution in [3.63, 3.8) is 0 Å². The van der Waals surface area contributed by atoms with E-state index in [0.29, 0.717) is 0 Å². The highest BCUT2D eigenvalue weighted by molar-refractivity contribution is 6.87. The fraction of sp³-hybridized carbons (Fsp3) is 0.565. The van der Waals surface area contributed by atoms with E-state index in [1.54, 1.807) is 0 Å². The van der Waals surface area contributed by atoms with Crippen LogP contribution in [0.1, 0.15) is 53.2 Å². The fourth-order valence-electron chi connectivity index (χ4n) is 2.28. The molecule has 1 N–H and O–H groups in total. The Bertz CT molecular complexity index is 703. The van der Waals surface area contributed by atoms with Gasteiger partial charge in [-0.25, -0.2) is 0 Å². The largest absolute Gasteiger partial charge is 0.384 e. The number of hydrogen-bond acceptors (Lipinski definition) is 1. The molecule has 1 aromatic carbocycles. The number of aliphatic hydroxyl groups excluding tert-OH is 1. The molecule has 0 aliphatic heterocycles. The Morgan fingerprint density at radius 3 is 1.85 bits per heavy atom. The average molecular weight is 387 g/mol. The summed E-state index contributed by atoms with van der Waals surface area (Å²) in [4.78, 5) is 0. The van der Waals surface area contributed by atoms with Gasteiger partial charge in [0.2, 0.25) is 0 Å². The van der Waals surface area contributed by atoms with E-state index in [1.165, 1.54) is 0 Å². The maximum Gasteiger partial charge on any atom is 0.104 e. The van der Waals surface area contributed by atoms with Gasteiger partial charge in [0.25, 0.3) is 0 Å². The number of benzene rings is 1. The van der Waals surface area contributed by atoms with Crippen molar-refractivity contribution >= 4 is 16.1 Å². The summed E-state index contributed by atoms with van der Waals surface area (Å²) in [5.74, 6) is 0. The van der Waals surface area contributed by atoms with Crippen molar-refractivity contribution in [3.05, 3.63) is 58.3 Å². The highest BCUT2D eigenvalue weighted by atomic mass is 28.3. The molecular weight excluding hydrogens is 348 g/mol. The predicted molar refractivity (Wildman–Crippen MR) is 121 cm³/mol. The lowest BCUT2D eigenvalue weighted by molar-refractivity contribution is 0.222. The molecular formula is C23H38OSi2. The van der Waals surface area contributed by atoms with E-state index in [9.17, 15) is 5.11 Å². The highest BCUT2D eigenvalue weighted by Crippen LogP contribution is 2.44. The molecule has 144 valence electrons. The van der Waals surface area contributed by atoms with Gasteiger partial charge < -0.3 is 5.11 Å². The lowest BCUT2D eigenvalue weighted by Crippen LogP contribution is -2.41. The van der Waals surface area contributed by atoms with Crippen LogP contribution in [0.3, 0.4) is 0 Å². The summed E-state index contributed by atoms with van der Waals surface area (Å²) in [6.07, 6.45) is -0.614. The fourth-order valence-corrected chi connectivity index (χ4v) is 5.19. The van der Waals surface area contributed by atoms with Crippen LogP contribution in [0.5, 0.6) is 0 Å². The van der Waals surface area contributed by atoms with Crippen LogP contribution in [0, 0.1) is 0 Å². The van der Waals surface area contributed by atoms with Crippen molar-refractivity contribution in [3.8, 4) is 0 Å². The van der Waals surface area contributed by atoms with Crippen LogP contribution in [-0.4, -0.2) is 21.3 Å². The van der Waals surface area contributed by atoms with Crippen molar-refractivity contribution < 1.29 is 5.11 Å².